The smallest absolute Gasteiger partial charge is 0.370 e. The highest BCUT2D eigenvalue weighted by Gasteiger charge is 2.63. The van der Waals surface area contributed by atoms with E-state index in [1.165, 1.54) is 29.8 Å². The van der Waals surface area contributed by atoms with E-state index in [9.17, 15) is 22.9 Å². The molecule has 1 fully saturated rings. The van der Waals surface area contributed by atoms with Crippen molar-refractivity contribution in [2.24, 2.45) is 0 Å². The highest BCUT2D eigenvalue weighted by Crippen LogP contribution is 2.54. The van der Waals surface area contributed by atoms with E-state index in [0.717, 1.165) is 23.9 Å². The van der Waals surface area contributed by atoms with Crippen molar-refractivity contribution < 1.29 is 36.9 Å². The van der Waals surface area contributed by atoms with E-state index >= 15 is 0 Å². The van der Waals surface area contributed by atoms with Crippen LogP contribution in [-0.4, -0.2) is 43.1 Å². The molecular formula is C23H23BrN2O7S3+2. The summed E-state index contributed by atoms with van der Waals surface area (Å²) < 4.78 is 49.7. The molecule has 1 saturated heterocycles. The maximum Gasteiger partial charge on any atom is 0.370 e. The molecule has 2 aliphatic heterocycles. The third-order valence-electron chi connectivity index (χ3n) is 6.46. The number of carboxylic acid groups (broad SMARTS) is 1. The van der Waals surface area contributed by atoms with E-state index in [2.05, 4.69) is 15.9 Å². The number of halogens is 1. The number of nitrogens with zero attached hydrogens (tertiary/aromatic N) is 2. The minimum Gasteiger partial charge on any atom is -0.497 e. The monoisotopic (exact) mass is 614 g/mol. The number of thiazole rings is 1. The van der Waals surface area contributed by atoms with Gasteiger partial charge in [0.25, 0.3) is 9.84 Å². The fourth-order valence-corrected chi connectivity index (χ4v) is 8.97. The van der Waals surface area contributed by atoms with Gasteiger partial charge in [0, 0.05) is 18.2 Å². The second kappa shape index (κ2) is 9.23. The lowest BCUT2D eigenvalue weighted by atomic mass is 10.1. The van der Waals surface area contributed by atoms with Gasteiger partial charge in [-0.25, -0.2) is 9.28 Å². The summed E-state index contributed by atoms with van der Waals surface area (Å²) in [4.78, 5) is 12.4. The van der Waals surface area contributed by atoms with Crippen LogP contribution in [0.5, 0.6) is 11.5 Å². The fourth-order valence-electron chi connectivity index (χ4n) is 4.70. The lowest BCUT2D eigenvalue weighted by Crippen LogP contribution is -2.67. The van der Waals surface area contributed by atoms with Gasteiger partial charge in [0.1, 0.15) is 10.4 Å². The molecule has 0 aliphatic carbocycles. The Bertz CT molecular complexity index is 1560. The molecular weight excluding hydrogens is 592 g/mol. The number of quaternary nitrogens is 1. The molecule has 1 aromatic carbocycles. The van der Waals surface area contributed by atoms with Crippen LogP contribution in [0, 0.1) is 0 Å². The van der Waals surface area contributed by atoms with Crippen molar-refractivity contribution in [1.29, 1.82) is 0 Å². The summed E-state index contributed by atoms with van der Waals surface area (Å²) >= 11 is 6.42. The molecule has 0 radical (unpaired) electrons. The average Bonchev–Trinajstić information content (AvgIpc) is 3.40. The normalized spacial score (nSPS) is 22.6. The molecule has 0 amide bonds. The zero-order chi connectivity index (χ0) is 25.8. The van der Waals surface area contributed by atoms with Gasteiger partial charge in [0.05, 0.1) is 23.9 Å². The number of thiophene rings is 1. The average molecular weight is 616 g/mol. The largest absolute Gasteiger partial charge is 0.497 e. The number of carboxylic acids is 1. The molecule has 2 atom stereocenters. The first-order valence-electron chi connectivity index (χ1n) is 11.0. The highest BCUT2D eigenvalue weighted by molar-refractivity contribution is 9.11. The van der Waals surface area contributed by atoms with Crippen molar-refractivity contribution in [3.8, 4) is 11.5 Å². The van der Waals surface area contributed by atoms with Gasteiger partial charge in [0.15, 0.2) is 11.4 Å². The van der Waals surface area contributed by atoms with Gasteiger partial charge in [-0.3, -0.25) is 4.55 Å². The highest BCUT2D eigenvalue weighted by atomic mass is 79.9. The molecule has 2 aliphatic rings. The first-order chi connectivity index (χ1) is 17.1. The summed E-state index contributed by atoms with van der Waals surface area (Å²) in [7, 11) is -2.84. The summed E-state index contributed by atoms with van der Waals surface area (Å²) in [5, 5.41) is 9.16. The minimum atomic E-state index is -4.37. The molecule has 9 nitrogen and oxygen atoms in total. The van der Waals surface area contributed by atoms with Gasteiger partial charge < -0.3 is 14.6 Å². The van der Waals surface area contributed by atoms with E-state index in [1.54, 1.807) is 28.8 Å². The Morgan fingerprint density at radius 3 is 2.75 bits per heavy atom. The number of hydrogen-bond acceptors (Lipinski definition) is 7. The summed E-state index contributed by atoms with van der Waals surface area (Å²) in [5.41, 5.74) is 1.45. The molecule has 2 unspecified atom stereocenters. The van der Waals surface area contributed by atoms with Gasteiger partial charge in [0.2, 0.25) is 11.9 Å². The molecule has 36 heavy (non-hydrogen) atoms. The predicted molar refractivity (Wildman–Crippen MR) is 142 cm³/mol. The predicted octanol–water partition coefficient (Wildman–Crippen LogP) is 4.76. The molecule has 190 valence electrons. The second-order valence-electron chi connectivity index (χ2n) is 8.48. The first kappa shape index (κ1) is 25.4. The molecule has 5 rings (SSSR count). The molecule has 3 aromatic rings. The first-order valence-corrected chi connectivity index (χ1v) is 15.0. The molecule has 4 heterocycles. The summed E-state index contributed by atoms with van der Waals surface area (Å²) in [6.07, 6.45) is 4.59. The van der Waals surface area contributed by atoms with Crippen LogP contribution >= 0.6 is 38.6 Å². The van der Waals surface area contributed by atoms with Crippen molar-refractivity contribution in [2.45, 2.75) is 31.7 Å². The zero-order valence-electron chi connectivity index (χ0n) is 19.3. The number of fused-ring (bicyclic) bond motifs is 3. The van der Waals surface area contributed by atoms with Gasteiger partial charge in [-0.2, -0.15) is 13.0 Å². The number of benzene rings is 1. The summed E-state index contributed by atoms with van der Waals surface area (Å²) in [6, 6.07) is 7.18. The lowest BCUT2D eigenvalue weighted by Gasteiger charge is -2.45. The Balaban J connectivity index is 1.64. The van der Waals surface area contributed by atoms with Crippen LogP contribution in [-0.2, 0) is 21.5 Å². The Morgan fingerprint density at radius 2 is 2.14 bits per heavy atom. The van der Waals surface area contributed by atoms with Gasteiger partial charge in [-0.15, -0.1) is 0 Å². The number of carbonyl (C=O) groups is 1. The third kappa shape index (κ3) is 4.17. The summed E-state index contributed by atoms with van der Waals surface area (Å²) in [5.74, 6) is 0.516. The van der Waals surface area contributed by atoms with Gasteiger partial charge >= 0.3 is 22.0 Å². The van der Waals surface area contributed by atoms with E-state index in [4.69, 9.17) is 9.47 Å². The number of hydrogen-bond donors (Lipinski definition) is 2. The van der Waals surface area contributed by atoms with Crippen LogP contribution in [0.3, 0.4) is 0 Å². The SMILES string of the molecule is CCC(=Cc1sc2cc(Br)sc2[n+]1CC(=O)O)C=C1Oc2ccc(OC)cc2[N+]12CCC2S(=O)(=O)O. The fraction of sp³-hybridized carbons (Fsp3) is 0.304. The van der Waals surface area contributed by atoms with Crippen molar-refractivity contribution >= 4 is 76.0 Å². The van der Waals surface area contributed by atoms with Crippen molar-refractivity contribution in [3.63, 3.8) is 0 Å². The standard InChI is InChI=1S/C23H21BrN2O7S3/c1-3-13(8-19-25(12-22(27)28)23-17(34-19)11-18(24)35-23)9-20-26(7-6-21(26)36(29,30)31)15-10-14(32-2)4-5-16(15)33-20/h4-5,8-11,21H,3,6-7,12H2,1-2H3/p+2. The van der Waals surface area contributed by atoms with Crippen LogP contribution in [0.1, 0.15) is 24.8 Å². The van der Waals surface area contributed by atoms with Gasteiger partial charge in [-0.05, 0) is 46.1 Å². The van der Waals surface area contributed by atoms with Crippen molar-refractivity contribution in [2.75, 3.05) is 13.7 Å². The van der Waals surface area contributed by atoms with E-state index < -0.39 is 21.5 Å². The Hall–Kier alpha value is -2.29. The molecule has 13 heteroatoms. The molecule has 0 bridgehead atoms. The Kier molecular flexibility index (Phi) is 6.50. The van der Waals surface area contributed by atoms with Crippen LogP contribution in [0.4, 0.5) is 5.69 Å². The number of ether oxygens (including phenoxy) is 2. The molecule has 0 saturated carbocycles. The number of allylic oxidation sites excluding steroid dienone is 2. The number of aromatic nitrogens is 1. The minimum absolute atomic E-state index is 0.149. The topological polar surface area (TPSA) is 114 Å². The van der Waals surface area contributed by atoms with Gasteiger partial charge in [-0.1, -0.05) is 29.6 Å². The van der Waals surface area contributed by atoms with Crippen LogP contribution < -0.4 is 18.5 Å². The molecule has 2 N–H and O–H groups in total. The molecule has 2 aromatic heterocycles. The van der Waals surface area contributed by atoms with Crippen LogP contribution in [0.15, 0.2) is 45.6 Å². The van der Waals surface area contributed by atoms with E-state index in [-0.39, 0.29) is 17.4 Å². The second-order valence-corrected chi connectivity index (χ2v) is 13.5. The Labute approximate surface area is 224 Å². The van der Waals surface area contributed by atoms with Crippen molar-refractivity contribution in [3.05, 3.63) is 50.6 Å². The lowest BCUT2D eigenvalue weighted by molar-refractivity contribution is -0.655. The Morgan fingerprint density at radius 1 is 1.36 bits per heavy atom. The maximum atomic E-state index is 12.3. The number of rotatable bonds is 7. The quantitative estimate of drug-likeness (QED) is 0.224. The summed E-state index contributed by atoms with van der Waals surface area (Å²) in [6.45, 7) is 2.22. The zero-order valence-corrected chi connectivity index (χ0v) is 23.3. The number of methoxy groups -OCH3 is 1. The van der Waals surface area contributed by atoms with Crippen LogP contribution in [0.2, 0.25) is 0 Å². The maximum absolute atomic E-state index is 12.3. The van der Waals surface area contributed by atoms with Crippen molar-refractivity contribution in [1.82, 2.24) is 4.48 Å². The van der Waals surface area contributed by atoms with E-state index in [0.29, 0.717) is 36.0 Å². The van der Waals surface area contributed by atoms with E-state index in [1.807, 2.05) is 19.1 Å². The number of aliphatic carboxylic acids is 1. The molecule has 1 spiro atoms. The third-order valence-corrected chi connectivity index (χ3v) is 10.6. The van der Waals surface area contributed by atoms with Crippen LogP contribution in [0.25, 0.3) is 15.6 Å².